The Kier molecular flexibility index (Phi) is 11.0. The summed E-state index contributed by atoms with van der Waals surface area (Å²) in [5.74, 6) is 0.860. The van der Waals surface area contributed by atoms with Crippen LogP contribution < -0.4 is 21.7 Å². The van der Waals surface area contributed by atoms with Crippen molar-refractivity contribution < 1.29 is 21.7 Å². The van der Waals surface area contributed by atoms with E-state index in [1.165, 1.54) is 0 Å². The van der Waals surface area contributed by atoms with Gasteiger partial charge in [0.2, 0.25) is 0 Å². The van der Waals surface area contributed by atoms with Crippen LogP contribution in [0.5, 0.6) is 5.75 Å². The zero-order chi connectivity index (χ0) is 7.23. The smallest absolute Gasteiger partial charge is 1.00 e. The standard InChI is InChI=1S/C9H9O.BrH.Mg/c1-2-8-10-9-6-4-3-5-7-9;;/h2,4-7H,1,8H2;1H;/q-1;;+2/p-1. The van der Waals surface area contributed by atoms with Gasteiger partial charge < -0.3 is 21.7 Å². The molecule has 0 unspecified atom stereocenters. The summed E-state index contributed by atoms with van der Waals surface area (Å²) in [6, 6.07) is 10.3. The molecule has 0 saturated heterocycles. The van der Waals surface area contributed by atoms with Gasteiger partial charge in [-0.1, -0.05) is 12.7 Å². The van der Waals surface area contributed by atoms with Crippen molar-refractivity contribution in [3.05, 3.63) is 43.0 Å². The van der Waals surface area contributed by atoms with Crippen molar-refractivity contribution in [2.45, 2.75) is 0 Å². The zero-order valence-corrected chi connectivity index (χ0v) is 9.79. The van der Waals surface area contributed by atoms with E-state index in [0.717, 1.165) is 5.75 Å². The van der Waals surface area contributed by atoms with Crippen LogP contribution in [-0.2, 0) is 0 Å². The van der Waals surface area contributed by atoms with Crippen molar-refractivity contribution in [3.8, 4) is 5.75 Å². The molecule has 3 heteroatoms. The maximum absolute atomic E-state index is 5.22. The van der Waals surface area contributed by atoms with Gasteiger partial charge in [0.25, 0.3) is 0 Å². The Hall–Kier alpha value is 0.00623. The number of ether oxygens (including phenoxy) is 1. The van der Waals surface area contributed by atoms with Crippen molar-refractivity contribution in [2.24, 2.45) is 0 Å². The summed E-state index contributed by atoms with van der Waals surface area (Å²) in [6.07, 6.45) is 1.72. The molecule has 0 amide bonds. The molecule has 60 valence electrons. The molecule has 0 heterocycles. The molecule has 1 aromatic carbocycles. The monoisotopic (exact) mass is 236 g/mol. The van der Waals surface area contributed by atoms with E-state index in [0.29, 0.717) is 6.61 Å². The predicted molar refractivity (Wildman–Crippen MR) is 46.7 cm³/mol. The van der Waals surface area contributed by atoms with Crippen molar-refractivity contribution in [3.63, 3.8) is 0 Å². The fraction of sp³-hybridized carbons (Fsp3) is 0.111. The van der Waals surface area contributed by atoms with Gasteiger partial charge in [0.05, 0.1) is 0 Å². The number of benzene rings is 1. The molecular formula is C9H9BrMgO. The van der Waals surface area contributed by atoms with Crippen LogP contribution in [0.3, 0.4) is 0 Å². The summed E-state index contributed by atoms with van der Waals surface area (Å²) in [7, 11) is 0. The van der Waals surface area contributed by atoms with Gasteiger partial charge >= 0.3 is 23.1 Å². The first-order valence-corrected chi connectivity index (χ1v) is 3.13. The topological polar surface area (TPSA) is 9.23 Å². The van der Waals surface area contributed by atoms with Crippen molar-refractivity contribution >= 4 is 23.1 Å². The summed E-state index contributed by atoms with van der Waals surface area (Å²) >= 11 is 0. The average Bonchev–Trinajstić information content (AvgIpc) is 2.03. The van der Waals surface area contributed by atoms with Crippen molar-refractivity contribution in [2.75, 3.05) is 6.61 Å². The van der Waals surface area contributed by atoms with Gasteiger partial charge in [0.15, 0.2) is 0 Å². The minimum Gasteiger partial charge on any atom is -1.00 e. The predicted octanol–water partition coefficient (Wildman–Crippen LogP) is -1.33. The Morgan fingerprint density at radius 2 is 2.00 bits per heavy atom. The second-order valence-electron chi connectivity index (χ2n) is 1.84. The zero-order valence-electron chi connectivity index (χ0n) is 6.79. The third-order valence-corrected chi connectivity index (χ3v) is 1.06. The van der Waals surface area contributed by atoms with Gasteiger partial charge in [-0.05, 0) is 0 Å². The molecule has 12 heavy (non-hydrogen) atoms. The van der Waals surface area contributed by atoms with Gasteiger partial charge in [0, 0.05) is 5.75 Å². The Balaban J connectivity index is 0. The molecule has 0 aliphatic rings. The summed E-state index contributed by atoms with van der Waals surface area (Å²) in [5.41, 5.74) is 0. The first-order valence-electron chi connectivity index (χ1n) is 3.13. The fourth-order valence-electron chi connectivity index (χ4n) is 0.623. The number of halogens is 1. The van der Waals surface area contributed by atoms with E-state index in [1.807, 2.05) is 24.3 Å². The van der Waals surface area contributed by atoms with Crippen LogP contribution in [0.15, 0.2) is 36.9 Å². The van der Waals surface area contributed by atoms with Crippen LogP contribution in [-0.4, -0.2) is 29.7 Å². The molecule has 0 bridgehead atoms. The van der Waals surface area contributed by atoms with Gasteiger partial charge in [-0.3, -0.25) is 0 Å². The molecule has 0 aliphatic carbocycles. The molecule has 0 saturated carbocycles. The minimum absolute atomic E-state index is 0. The van der Waals surface area contributed by atoms with Crippen LogP contribution in [0.25, 0.3) is 0 Å². The second-order valence-corrected chi connectivity index (χ2v) is 1.84. The summed E-state index contributed by atoms with van der Waals surface area (Å²) in [4.78, 5) is 0. The van der Waals surface area contributed by atoms with Gasteiger partial charge in [-0.15, -0.1) is 12.1 Å². The van der Waals surface area contributed by atoms with Crippen LogP contribution in [0.1, 0.15) is 0 Å². The second kappa shape index (κ2) is 9.10. The molecule has 0 N–H and O–H groups in total. The Bertz CT molecular complexity index is 201. The molecular weight excluding hydrogens is 228 g/mol. The van der Waals surface area contributed by atoms with Gasteiger partial charge in [-0.2, -0.15) is 18.2 Å². The molecule has 0 spiro atoms. The minimum atomic E-state index is 0. The number of hydrogen-bond acceptors (Lipinski definition) is 1. The van der Waals surface area contributed by atoms with E-state index in [9.17, 15) is 0 Å². The van der Waals surface area contributed by atoms with Crippen molar-refractivity contribution in [1.82, 2.24) is 0 Å². The summed E-state index contributed by atoms with van der Waals surface area (Å²) in [5, 5.41) is 0. The van der Waals surface area contributed by atoms with Crippen LogP contribution in [0.4, 0.5) is 0 Å². The van der Waals surface area contributed by atoms with E-state index in [-0.39, 0.29) is 40.0 Å². The van der Waals surface area contributed by atoms with Crippen LogP contribution in [0.2, 0.25) is 0 Å². The molecule has 1 aromatic rings. The first kappa shape index (κ1) is 14.5. The van der Waals surface area contributed by atoms with E-state index in [2.05, 4.69) is 12.6 Å². The molecule has 0 fully saturated rings. The van der Waals surface area contributed by atoms with Crippen LogP contribution >= 0.6 is 0 Å². The maximum atomic E-state index is 5.22. The maximum Gasteiger partial charge on any atom is 2.00 e. The SMILES string of the molecule is C=CCOc1cc[c-]cc1.[Br-].[Mg+2]. The van der Waals surface area contributed by atoms with Crippen molar-refractivity contribution in [1.29, 1.82) is 0 Å². The first-order chi connectivity index (χ1) is 4.93. The van der Waals surface area contributed by atoms with Crippen LogP contribution in [0, 0.1) is 6.07 Å². The molecule has 0 radical (unpaired) electrons. The molecule has 1 rings (SSSR count). The fourth-order valence-corrected chi connectivity index (χ4v) is 0.623. The Morgan fingerprint density at radius 1 is 1.42 bits per heavy atom. The summed E-state index contributed by atoms with van der Waals surface area (Å²) in [6.45, 7) is 4.10. The third kappa shape index (κ3) is 5.63. The van der Waals surface area contributed by atoms with E-state index < -0.39 is 0 Å². The third-order valence-electron chi connectivity index (χ3n) is 1.06. The molecule has 1 nitrogen and oxygen atoms in total. The number of hydrogen-bond donors (Lipinski definition) is 0. The molecule has 0 atom stereocenters. The van der Waals surface area contributed by atoms with Gasteiger partial charge in [-0.25, -0.2) is 0 Å². The molecule has 0 aromatic heterocycles. The largest absolute Gasteiger partial charge is 2.00 e. The quantitative estimate of drug-likeness (QED) is 0.360. The van der Waals surface area contributed by atoms with E-state index in [1.54, 1.807) is 6.08 Å². The van der Waals surface area contributed by atoms with Gasteiger partial charge in [0.1, 0.15) is 6.61 Å². The normalized spacial score (nSPS) is 7.33. The molecule has 0 aliphatic heterocycles. The van der Waals surface area contributed by atoms with E-state index >= 15 is 0 Å². The summed E-state index contributed by atoms with van der Waals surface area (Å²) < 4.78 is 5.22. The number of rotatable bonds is 3. The Labute approximate surface area is 99.7 Å². The Morgan fingerprint density at radius 3 is 2.50 bits per heavy atom. The average molecular weight is 237 g/mol. The van der Waals surface area contributed by atoms with E-state index in [4.69, 9.17) is 4.74 Å².